The molecule has 2 rings (SSSR count). The highest BCUT2D eigenvalue weighted by Crippen LogP contribution is 2.15. The zero-order chi connectivity index (χ0) is 13.7. The predicted octanol–water partition coefficient (Wildman–Crippen LogP) is 0.367. The third-order valence-electron chi connectivity index (χ3n) is 3.59. The maximum absolute atomic E-state index is 9.38. The van der Waals surface area contributed by atoms with Crippen molar-refractivity contribution < 1.29 is 14.8 Å². The molecule has 0 aromatic heterocycles. The van der Waals surface area contributed by atoms with Crippen LogP contribution in [0.25, 0.3) is 0 Å². The highest BCUT2D eigenvalue weighted by atomic mass is 16.5. The number of hydrogen-bond acceptors (Lipinski definition) is 4. The number of piperidine rings is 1. The molecule has 1 saturated heterocycles. The molecule has 104 valence electrons. The summed E-state index contributed by atoms with van der Waals surface area (Å²) in [5, 5.41) is 18.8. The van der Waals surface area contributed by atoms with Gasteiger partial charge in [0.1, 0.15) is 0 Å². The van der Waals surface area contributed by atoms with E-state index in [9.17, 15) is 10.0 Å². The molecule has 5 heteroatoms. The Hall–Kier alpha value is -0.875. The molecule has 1 atom stereocenters. The van der Waals surface area contributed by atoms with Gasteiger partial charge >= 0.3 is 7.12 Å². The van der Waals surface area contributed by atoms with E-state index < -0.39 is 7.12 Å². The average Bonchev–Trinajstić information content (AvgIpc) is 2.40. The van der Waals surface area contributed by atoms with Crippen LogP contribution in [0.5, 0.6) is 0 Å². The van der Waals surface area contributed by atoms with Gasteiger partial charge < -0.3 is 14.8 Å². The van der Waals surface area contributed by atoms with Crippen molar-refractivity contribution in [1.82, 2.24) is 4.90 Å². The van der Waals surface area contributed by atoms with Gasteiger partial charge in [-0.25, -0.2) is 0 Å². The molecular weight excluding hydrogens is 241 g/mol. The molecule has 4 nitrogen and oxygen atoms in total. The van der Waals surface area contributed by atoms with Gasteiger partial charge in [-0.1, -0.05) is 24.3 Å². The van der Waals surface area contributed by atoms with Gasteiger partial charge in [-0.2, -0.15) is 0 Å². The molecular formula is C14H22BNO3. The van der Waals surface area contributed by atoms with E-state index in [1.165, 1.54) is 0 Å². The van der Waals surface area contributed by atoms with Gasteiger partial charge in [-0.05, 0) is 37.3 Å². The Kier molecular flexibility index (Phi) is 5.40. The lowest BCUT2D eigenvalue weighted by atomic mass is 9.77. The lowest BCUT2D eigenvalue weighted by Gasteiger charge is -2.32. The fourth-order valence-corrected chi connectivity index (χ4v) is 2.70. The molecule has 1 aliphatic rings. The van der Waals surface area contributed by atoms with E-state index in [0.717, 1.165) is 44.6 Å². The summed E-state index contributed by atoms with van der Waals surface area (Å²) in [6, 6.07) is 7.49. The van der Waals surface area contributed by atoms with Crippen LogP contribution in [-0.4, -0.2) is 47.9 Å². The topological polar surface area (TPSA) is 52.9 Å². The van der Waals surface area contributed by atoms with E-state index in [-0.39, 0.29) is 0 Å². The Morgan fingerprint density at radius 2 is 2.16 bits per heavy atom. The predicted molar refractivity (Wildman–Crippen MR) is 76.2 cm³/mol. The van der Waals surface area contributed by atoms with Crippen molar-refractivity contribution >= 4 is 12.6 Å². The van der Waals surface area contributed by atoms with Gasteiger partial charge in [0.15, 0.2) is 0 Å². The van der Waals surface area contributed by atoms with Crippen molar-refractivity contribution in [1.29, 1.82) is 0 Å². The Balaban J connectivity index is 2.00. The number of nitrogens with zero attached hydrogens (tertiary/aromatic N) is 1. The Labute approximate surface area is 115 Å². The molecule has 0 aliphatic carbocycles. The maximum Gasteiger partial charge on any atom is 0.488 e. The SMILES string of the molecule is CCOC1CCCN(Cc2ccccc2B(O)O)C1. The van der Waals surface area contributed by atoms with Crippen LogP contribution in [0, 0.1) is 0 Å². The van der Waals surface area contributed by atoms with Gasteiger partial charge in [-0.3, -0.25) is 4.90 Å². The van der Waals surface area contributed by atoms with Gasteiger partial charge in [0.2, 0.25) is 0 Å². The molecule has 0 spiro atoms. The van der Waals surface area contributed by atoms with Crippen LogP contribution < -0.4 is 5.46 Å². The fourth-order valence-electron chi connectivity index (χ4n) is 2.70. The normalized spacial score (nSPS) is 20.5. The second-order valence-corrected chi connectivity index (χ2v) is 5.03. The van der Waals surface area contributed by atoms with E-state index in [4.69, 9.17) is 4.74 Å². The first-order valence-corrected chi connectivity index (χ1v) is 6.98. The van der Waals surface area contributed by atoms with Crippen molar-refractivity contribution in [3.8, 4) is 0 Å². The zero-order valence-corrected chi connectivity index (χ0v) is 11.5. The van der Waals surface area contributed by atoms with Crippen LogP contribution in [0.4, 0.5) is 0 Å². The summed E-state index contributed by atoms with van der Waals surface area (Å²) in [6.45, 7) is 5.49. The second-order valence-electron chi connectivity index (χ2n) is 5.03. The number of benzene rings is 1. The zero-order valence-electron chi connectivity index (χ0n) is 11.5. The van der Waals surface area contributed by atoms with Crippen LogP contribution >= 0.6 is 0 Å². The van der Waals surface area contributed by atoms with Crippen LogP contribution in [0.1, 0.15) is 25.3 Å². The highest BCUT2D eigenvalue weighted by molar-refractivity contribution is 6.59. The molecule has 1 fully saturated rings. The summed E-state index contributed by atoms with van der Waals surface area (Å²) >= 11 is 0. The number of ether oxygens (including phenoxy) is 1. The molecule has 1 heterocycles. The number of likely N-dealkylation sites (tertiary alicyclic amines) is 1. The molecule has 0 amide bonds. The van der Waals surface area contributed by atoms with Crippen LogP contribution in [-0.2, 0) is 11.3 Å². The molecule has 0 bridgehead atoms. The van der Waals surface area contributed by atoms with Crippen molar-refractivity contribution in [2.24, 2.45) is 0 Å². The van der Waals surface area contributed by atoms with Crippen molar-refractivity contribution in [3.05, 3.63) is 29.8 Å². The minimum atomic E-state index is -1.40. The number of hydrogen-bond donors (Lipinski definition) is 2. The Morgan fingerprint density at radius 1 is 1.37 bits per heavy atom. The first-order valence-electron chi connectivity index (χ1n) is 6.98. The van der Waals surface area contributed by atoms with E-state index >= 15 is 0 Å². The van der Waals surface area contributed by atoms with Crippen molar-refractivity contribution in [2.75, 3.05) is 19.7 Å². The summed E-state index contributed by atoms with van der Waals surface area (Å²) in [5.41, 5.74) is 1.58. The molecule has 0 radical (unpaired) electrons. The molecule has 1 unspecified atom stereocenters. The first kappa shape index (κ1) is 14.5. The van der Waals surface area contributed by atoms with Crippen LogP contribution in [0.2, 0.25) is 0 Å². The van der Waals surface area contributed by atoms with E-state index in [0.29, 0.717) is 11.6 Å². The Morgan fingerprint density at radius 3 is 2.89 bits per heavy atom. The smallest absolute Gasteiger partial charge is 0.423 e. The van der Waals surface area contributed by atoms with Crippen LogP contribution in [0.15, 0.2) is 24.3 Å². The second kappa shape index (κ2) is 7.05. The van der Waals surface area contributed by atoms with E-state index in [2.05, 4.69) is 4.90 Å². The molecule has 1 aromatic rings. The lowest BCUT2D eigenvalue weighted by molar-refractivity contribution is 0.00369. The summed E-state index contributed by atoms with van der Waals surface area (Å²) in [6.07, 6.45) is 2.56. The van der Waals surface area contributed by atoms with Gasteiger partial charge in [0, 0.05) is 19.7 Å². The average molecular weight is 263 g/mol. The lowest BCUT2D eigenvalue weighted by Crippen LogP contribution is -2.41. The quantitative estimate of drug-likeness (QED) is 0.753. The summed E-state index contributed by atoms with van der Waals surface area (Å²) < 4.78 is 5.69. The van der Waals surface area contributed by atoms with Gasteiger partial charge in [-0.15, -0.1) is 0 Å². The Bertz CT molecular complexity index is 398. The minimum absolute atomic E-state index is 0.310. The van der Waals surface area contributed by atoms with Crippen molar-refractivity contribution in [3.63, 3.8) is 0 Å². The van der Waals surface area contributed by atoms with Crippen LogP contribution in [0.3, 0.4) is 0 Å². The standard InChI is InChI=1S/C14H22BNO3/c1-2-19-13-7-5-9-16(11-13)10-12-6-3-4-8-14(12)15(17)18/h3-4,6,8,13,17-18H,2,5,7,9-11H2,1H3. The monoisotopic (exact) mass is 263 g/mol. The molecule has 1 aromatic carbocycles. The van der Waals surface area contributed by atoms with E-state index in [1.54, 1.807) is 6.07 Å². The maximum atomic E-state index is 9.38. The summed E-state index contributed by atoms with van der Waals surface area (Å²) in [5.74, 6) is 0. The first-order chi connectivity index (χ1) is 9.20. The molecule has 1 aliphatic heterocycles. The van der Waals surface area contributed by atoms with Crippen molar-refractivity contribution in [2.45, 2.75) is 32.4 Å². The molecule has 19 heavy (non-hydrogen) atoms. The van der Waals surface area contributed by atoms with Gasteiger partial charge in [0.05, 0.1) is 6.10 Å². The summed E-state index contributed by atoms with van der Waals surface area (Å²) in [4.78, 5) is 2.32. The fraction of sp³-hybridized carbons (Fsp3) is 0.571. The van der Waals surface area contributed by atoms with E-state index in [1.807, 2.05) is 25.1 Å². The third-order valence-corrected chi connectivity index (χ3v) is 3.59. The largest absolute Gasteiger partial charge is 0.488 e. The summed E-state index contributed by atoms with van der Waals surface area (Å²) in [7, 11) is -1.40. The third kappa shape index (κ3) is 4.04. The molecule has 2 N–H and O–H groups in total. The number of rotatable bonds is 5. The van der Waals surface area contributed by atoms with Gasteiger partial charge in [0.25, 0.3) is 0 Å². The highest BCUT2D eigenvalue weighted by Gasteiger charge is 2.22. The minimum Gasteiger partial charge on any atom is -0.423 e. The molecule has 0 saturated carbocycles.